The molecular formula is C62H41N. The summed E-state index contributed by atoms with van der Waals surface area (Å²) >= 11 is 0. The van der Waals surface area contributed by atoms with Crippen molar-refractivity contribution in [2.45, 2.75) is 10.8 Å². The monoisotopic (exact) mass is 804 g/mol. The Kier molecular flexibility index (Phi) is 6.76. The second-order valence-corrected chi connectivity index (χ2v) is 16.8. The molecule has 0 atom stereocenters. The van der Waals surface area contributed by atoms with Gasteiger partial charge in [-0.05, 0) is 125 Å². The van der Waals surface area contributed by atoms with Crippen molar-refractivity contribution in [1.82, 2.24) is 0 Å². The van der Waals surface area contributed by atoms with Crippen LogP contribution in [-0.2, 0) is 10.8 Å². The van der Waals surface area contributed by atoms with Crippen LogP contribution in [0.25, 0.3) is 55.6 Å². The number of rotatable bonds is 5. The molecule has 13 rings (SSSR count). The highest BCUT2D eigenvalue weighted by atomic mass is 15.1. The Morgan fingerprint density at radius 3 is 1.05 bits per heavy atom. The maximum Gasteiger partial charge on any atom is 0.0647 e. The largest absolute Gasteiger partial charge is 0.310 e. The minimum Gasteiger partial charge on any atom is -0.310 e. The lowest BCUT2D eigenvalue weighted by molar-refractivity contribution is 0.405. The molecule has 0 aliphatic heterocycles. The van der Waals surface area contributed by atoms with E-state index in [9.17, 15) is 2.74 Å². The van der Waals surface area contributed by atoms with E-state index >= 15 is 0 Å². The van der Waals surface area contributed by atoms with E-state index < -0.39 is 16.9 Å². The second-order valence-electron chi connectivity index (χ2n) is 16.8. The summed E-state index contributed by atoms with van der Waals surface area (Å²) in [5, 5.41) is 0. The van der Waals surface area contributed by atoms with E-state index in [1.165, 1.54) is 50.1 Å². The van der Waals surface area contributed by atoms with Crippen molar-refractivity contribution in [2.24, 2.45) is 0 Å². The van der Waals surface area contributed by atoms with Crippen molar-refractivity contribution < 1.29 is 6.85 Å². The van der Waals surface area contributed by atoms with Crippen molar-refractivity contribution in [3.63, 3.8) is 0 Å². The number of hydrogen-bond acceptors (Lipinski definition) is 1. The first-order chi connectivity index (χ1) is 33.3. The standard InChI is InChI=1S/C62H41N/c1-3-17-42(18-4-1)43-31-33-44(34-32-43)45-35-37-47(38-36-45)63(46-19-5-2-6-20-46)48-39-40-60-54(41-48)53-25-11-16-30-59(53)61-55-26-12-7-21-49(55)51-23-9-14-28-57(51)62(60,61)58-29-15-10-24-52(58)50-22-8-13-27-56(50)61/h1-41H/i2D,5D,6D,19D,20D. The molecule has 294 valence electrons. The van der Waals surface area contributed by atoms with E-state index in [2.05, 4.69) is 176 Å². The van der Waals surface area contributed by atoms with Crippen LogP contribution in [0.5, 0.6) is 0 Å². The highest BCUT2D eigenvalue weighted by Gasteiger charge is 2.66. The van der Waals surface area contributed by atoms with Gasteiger partial charge in [0.25, 0.3) is 0 Å². The maximum absolute atomic E-state index is 9.36. The first-order valence-corrected chi connectivity index (χ1v) is 21.6. The number of nitrogens with zero attached hydrogens (tertiary/aromatic N) is 1. The van der Waals surface area contributed by atoms with Crippen LogP contribution in [-0.4, -0.2) is 0 Å². The zero-order chi connectivity index (χ0) is 45.9. The first-order valence-electron chi connectivity index (χ1n) is 24.1. The fourth-order valence-corrected chi connectivity index (χ4v) is 11.6. The number of para-hydroxylation sites is 1. The Hall–Kier alpha value is -8.00. The zero-order valence-electron chi connectivity index (χ0n) is 39.2. The number of benzene rings is 10. The van der Waals surface area contributed by atoms with E-state index in [-0.39, 0.29) is 29.9 Å². The van der Waals surface area contributed by atoms with Gasteiger partial charge in [-0.1, -0.05) is 212 Å². The van der Waals surface area contributed by atoms with Gasteiger partial charge in [0, 0.05) is 17.1 Å². The third-order valence-corrected chi connectivity index (χ3v) is 13.9. The van der Waals surface area contributed by atoms with Crippen LogP contribution < -0.4 is 4.90 Å². The molecule has 0 fully saturated rings. The summed E-state index contributed by atoms with van der Waals surface area (Å²) in [5.74, 6) is 0. The fourth-order valence-electron chi connectivity index (χ4n) is 11.6. The summed E-state index contributed by atoms with van der Waals surface area (Å²) in [6.07, 6.45) is 0. The molecule has 0 amide bonds. The maximum atomic E-state index is 9.36. The van der Waals surface area contributed by atoms with Crippen LogP contribution in [0.2, 0.25) is 0 Å². The molecule has 0 saturated carbocycles. The lowest BCUT2D eigenvalue weighted by Gasteiger charge is -2.62. The van der Waals surface area contributed by atoms with Crippen LogP contribution in [0.1, 0.15) is 40.2 Å². The molecule has 3 aliphatic rings. The molecule has 0 unspecified atom stereocenters. The topological polar surface area (TPSA) is 3.24 Å². The highest BCUT2D eigenvalue weighted by Crippen LogP contribution is 2.73. The van der Waals surface area contributed by atoms with Crippen LogP contribution >= 0.6 is 0 Å². The van der Waals surface area contributed by atoms with E-state index in [4.69, 9.17) is 4.11 Å². The van der Waals surface area contributed by atoms with Crippen molar-refractivity contribution in [3.8, 4) is 55.6 Å². The van der Waals surface area contributed by atoms with E-state index in [1.54, 1.807) is 0 Å². The minimum atomic E-state index is -0.760. The average molecular weight is 805 g/mol. The normalized spacial score (nSPS) is 18.1. The summed E-state index contributed by atoms with van der Waals surface area (Å²) in [6, 6.07) is 76.2. The minimum absolute atomic E-state index is 0.0846. The SMILES string of the molecule is [2H]c1c([2H])c([2H])c(N(c2ccc(-c3ccc(-c4ccccc4)cc3)cc2)c2ccc3c(c2)-c2ccccc2C24c5ccccc5-c5ccccc5C32c2ccccc2-c2ccccc24)c([2H])c1[2H]. The van der Waals surface area contributed by atoms with E-state index in [1.807, 2.05) is 47.4 Å². The smallest absolute Gasteiger partial charge is 0.0647 e. The molecule has 0 heterocycles. The molecule has 0 spiro atoms. The lowest BCUT2D eigenvalue weighted by Crippen LogP contribution is -2.58. The summed E-state index contributed by atoms with van der Waals surface area (Å²) in [6.45, 7) is 0. The Bertz CT molecular complexity index is 3570. The van der Waals surface area contributed by atoms with E-state index in [0.29, 0.717) is 11.4 Å². The molecule has 0 N–H and O–H groups in total. The van der Waals surface area contributed by atoms with Gasteiger partial charge in [-0.15, -0.1) is 0 Å². The number of fused-ring (bicyclic) bond motifs is 9. The number of hydrogen-bond donors (Lipinski definition) is 0. The zero-order valence-corrected chi connectivity index (χ0v) is 34.2. The molecule has 0 radical (unpaired) electrons. The van der Waals surface area contributed by atoms with Crippen molar-refractivity contribution >= 4 is 17.1 Å². The van der Waals surface area contributed by atoms with Gasteiger partial charge in [-0.3, -0.25) is 0 Å². The summed E-state index contributed by atoms with van der Waals surface area (Å²) in [5.41, 5.74) is 18.5. The Balaban J connectivity index is 1.08. The molecular weight excluding hydrogens is 759 g/mol. The lowest BCUT2D eigenvalue weighted by atomic mass is 9.38. The first kappa shape index (κ1) is 30.9. The van der Waals surface area contributed by atoms with Crippen LogP contribution in [0, 0.1) is 0 Å². The molecule has 63 heavy (non-hydrogen) atoms. The Labute approximate surface area is 375 Å². The molecule has 3 aliphatic carbocycles. The van der Waals surface area contributed by atoms with Crippen molar-refractivity contribution in [1.29, 1.82) is 0 Å². The fraction of sp³-hybridized carbons (Fsp3) is 0.0323. The van der Waals surface area contributed by atoms with Gasteiger partial charge in [-0.2, -0.15) is 0 Å². The van der Waals surface area contributed by atoms with Crippen LogP contribution in [0.3, 0.4) is 0 Å². The Morgan fingerprint density at radius 2 is 0.603 bits per heavy atom. The molecule has 1 nitrogen and oxygen atoms in total. The van der Waals surface area contributed by atoms with Gasteiger partial charge in [0.2, 0.25) is 0 Å². The molecule has 1 heteroatoms. The van der Waals surface area contributed by atoms with Crippen LogP contribution in [0.15, 0.2) is 249 Å². The molecule has 0 aromatic heterocycles. The highest BCUT2D eigenvalue weighted by molar-refractivity contribution is 5.99. The van der Waals surface area contributed by atoms with Crippen molar-refractivity contribution in [2.75, 3.05) is 4.90 Å². The van der Waals surface area contributed by atoms with Crippen LogP contribution in [0.4, 0.5) is 17.1 Å². The Morgan fingerprint density at radius 1 is 0.270 bits per heavy atom. The van der Waals surface area contributed by atoms with E-state index in [0.717, 1.165) is 38.9 Å². The predicted molar refractivity (Wildman–Crippen MR) is 261 cm³/mol. The molecule has 0 bridgehead atoms. The molecule has 0 saturated heterocycles. The third-order valence-electron chi connectivity index (χ3n) is 13.9. The van der Waals surface area contributed by atoms with Gasteiger partial charge in [0.1, 0.15) is 0 Å². The quantitative estimate of drug-likeness (QED) is 0.167. The summed E-state index contributed by atoms with van der Waals surface area (Å²) < 4.78 is 45.0. The number of anilines is 3. The third kappa shape index (κ3) is 4.88. The molecule has 10 aromatic rings. The van der Waals surface area contributed by atoms with Gasteiger partial charge in [-0.25, -0.2) is 0 Å². The summed E-state index contributed by atoms with van der Waals surface area (Å²) in [7, 11) is 0. The van der Waals surface area contributed by atoms with Gasteiger partial charge in [0.15, 0.2) is 0 Å². The average Bonchev–Trinajstić information content (AvgIpc) is 3.41. The predicted octanol–water partition coefficient (Wildman–Crippen LogP) is 15.8. The molecule has 10 aromatic carbocycles. The van der Waals surface area contributed by atoms with Crippen molar-refractivity contribution in [3.05, 3.63) is 282 Å². The van der Waals surface area contributed by atoms with Gasteiger partial charge in [0.05, 0.1) is 17.7 Å². The van der Waals surface area contributed by atoms with Gasteiger partial charge < -0.3 is 4.90 Å². The van der Waals surface area contributed by atoms with Gasteiger partial charge >= 0.3 is 0 Å². The summed E-state index contributed by atoms with van der Waals surface area (Å²) in [4.78, 5) is 1.85. The second kappa shape index (κ2) is 13.8.